The molecular formula is C33H42F3N5O4S. The maximum Gasteiger partial charge on any atom is 0.278 e. The van der Waals surface area contributed by atoms with Gasteiger partial charge in [0, 0.05) is 36.8 Å². The second-order valence-electron chi connectivity index (χ2n) is 12.9. The van der Waals surface area contributed by atoms with Crippen LogP contribution in [0.5, 0.6) is 0 Å². The van der Waals surface area contributed by atoms with Crippen LogP contribution in [0.25, 0.3) is 11.0 Å². The SMILES string of the molecule is C[C@@H]1Nc2ncnc3c2cc(C2CCS(=O)(=O)CC2)c(=O)n3CCCOCCCCN2CCC(CC2)C(F)(F)c2cccc1c2F. The molecule has 2 saturated heterocycles. The van der Waals surface area contributed by atoms with Crippen molar-refractivity contribution < 1.29 is 26.3 Å². The Labute approximate surface area is 267 Å². The van der Waals surface area contributed by atoms with Gasteiger partial charge in [-0.2, -0.15) is 0 Å². The number of alkyl halides is 2. The third-order valence-electron chi connectivity index (χ3n) is 9.90. The first-order valence-electron chi connectivity index (χ1n) is 16.4. The van der Waals surface area contributed by atoms with Gasteiger partial charge in [0.05, 0.1) is 28.5 Å². The average Bonchev–Trinajstić information content (AvgIpc) is 3.03. The summed E-state index contributed by atoms with van der Waals surface area (Å²) in [5, 5.41) is 3.73. The number of sulfone groups is 1. The van der Waals surface area contributed by atoms with Gasteiger partial charge in [-0.1, -0.05) is 18.2 Å². The molecular weight excluding hydrogens is 619 g/mol. The minimum absolute atomic E-state index is 0.00921. The van der Waals surface area contributed by atoms with Gasteiger partial charge in [-0.3, -0.25) is 9.36 Å². The number of pyridine rings is 1. The molecule has 0 saturated carbocycles. The van der Waals surface area contributed by atoms with Crippen molar-refractivity contribution >= 4 is 26.7 Å². The van der Waals surface area contributed by atoms with Crippen molar-refractivity contribution in [1.82, 2.24) is 19.4 Å². The number of fused-ring (bicyclic) bond motifs is 10. The summed E-state index contributed by atoms with van der Waals surface area (Å²) in [5.41, 5.74) is 0.143. The van der Waals surface area contributed by atoms with E-state index in [2.05, 4.69) is 20.2 Å². The number of piperidine rings is 1. The lowest BCUT2D eigenvalue weighted by Gasteiger charge is -2.36. The Hall–Kier alpha value is -3.03. The Bertz CT molecular complexity index is 1710. The minimum Gasteiger partial charge on any atom is -0.381 e. The molecule has 2 aromatic heterocycles. The van der Waals surface area contributed by atoms with Crippen molar-refractivity contribution in [3.8, 4) is 0 Å². The number of aryl methyl sites for hydroxylation is 1. The first kappa shape index (κ1) is 32.9. The van der Waals surface area contributed by atoms with Gasteiger partial charge in [0.1, 0.15) is 33.4 Å². The molecule has 7 rings (SSSR count). The zero-order valence-electron chi connectivity index (χ0n) is 26.2. The second kappa shape index (κ2) is 13.6. The lowest BCUT2D eigenvalue weighted by atomic mass is 9.85. The van der Waals surface area contributed by atoms with Gasteiger partial charge < -0.3 is 15.0 Å². The summed E-state index contributed by atoms with van der Waals surface area (Å²) in [7, 11) is -3.15. The molecule has 46 heavy (non-hydrogen) atoms. The lowest BCUT2D eigenvalue weighted by Crippen LogP contribution is -2.40. The Morgan fingerprint density at radius 2 is 1.70 bits per heavy atom. The number of anilines is 1. The van der Waals surface area contributed by atoms with Crippen LogP contribution in [-0.2, 0) is 27.0 Å². The Balaban J connectivity index is 1.40. The van der Waals surface area contributed by atoms with Crippen LogP contribution in [0.1, 0.15) is 80.5 Å². The predicted octanol–water partition coefficient (Wildman–Crippen LogP) is 5.40. The highest BCUT2D eigenvalue weighted by Crippen LogP contribution is 2.44. The van der Waals surface area contributed by atoms with Crippen molar-refractivity contribution in [3.63, 3.8) is 0 Å². The molecule has 4 aliphatic rings. The number of benzene rings is 1. The number of hydrogen-bond donors (Lipinski definition) is 1. The first-order chi connectivity index (χ1) is 22.0. The molecule has 1 aromatic carbocycles. The number of nitrogens with zero attached hydrogens (tertiary/aromatic N) is 4. The largest absolute Gasteiger partial charge is 0.381 e. The van der Waals surface area contributed by atoms with Gasteiger partial charge in [-0.05, 0) is 83.5 Å². The van der Waals surface area contributed by atoms with Crippen molar-refractivity contribution in [2.24, 2.45) is 5.92 Å². The summed E-state index contributed by atoms with van der Waals surface area (Å²) in [6.45, 7) is 4.93. The summed E-state index contributed by atoms with van der Waals surface area (Å²) in [4.78, 5) is 24.9. The van der Waals surface area contributed by atoms with E-state index < -0.39 is 39.1 Å². The molecule has 6 heterocycles. The van der Waals surface area contributed by atoms with Crippen molar-refractivity contribution in [1.29, 1.82) is 0 Å². The Morgan fingerprint density at radius 3 is 2.46 bits per heavy atom. The van der Waals surface area contributed by atoms with E-state index in [4.69, 9.17) is 4.74 Å². The molecule has 0 unspecified atom stereocenters. The quantitative estimate of drug-likeness (QED) is 0.370. The van der Waals surface area contributed by atoms with Crippen LogP contribution in [0.4, 0.5) is 19.0 Å². The van der Waals surface area contributed by atoms with Gasteiger partial charge in [0.15, 0.2) is 0 Å². The Morgan fingerprint density at radius 1 is 0.957 bits per heavy atom. The highest BCUT2D eigenvalue weighted by molar-refractivity contribution is 7.91. The summed E-state index contributed by atoms with van der Waals surface area (Å²) in [5.74, 6) is -5.11. The van der Waals surface area contributed by atoms with E-state index >= 15 is 13.2 Å². The minimum atomic E-state index is -3.32. The van der Waals surface area contributed by atoms with Crippen LogP contribution in [0.15, 0.2) is 35.4 Å². The molecule has 4 aliphatic heterocycles. The molecule has 8 bridgehead atoms. The molecule has 0 spiro atoms. The third kappa shape index (κ3) is 6.82. The first-order valence-corrected chi connectivity index (χ1v) is 18.2. The number of rotatable bonds is 1. The predicted molar refractivity (Wildman–Crippen MR) is 171 cm³/mol. The number of hydrogen-bond acceptors (Lipinski definition) is 8. The summed E-state index contributed by atoms with van der Waals surface area (Å²) >= 11 is 0. The molecule has 3 aromatic rings. The molecule has 0 aliphatic carbocycles. The monoisotopic (exact) mass is 661 g/mol. The Kier molecular flexibility index (Phi) is 9.73. The van der Waals surface area contributed by atoms with Crippen LogP contribution >= 0.6 is 0 Å². The van der Waals surface area contributed by atoms with E-state index in [-0.39, 0.29) is 28.5 Å². The van der Waals surface area contributed by atoms with Crippen molar-refractivity contribution in [2.75, 3.05) is 49.7 Å². The summed E-state index contributed by atoms with van der Waals surface area (Å²) < 4.78 is 79.5. The maximum absolute atomic E-state index is 16.0. The van der Waals surface area contributed by atoms with E-state index in [1.807, 2.05) is 0 Å². The van der Waals surface area contributed by atoms with Gasteiger partial charge in [-0.25, -0.2) is 31.6 Å². The summed E-state index contributed by atoms with van der Waals surface area (Å²) in [6.07, 6.45) is 4.87. The fourth-order valence-electron chi connectivity index (χ4n) is 7.15. The van der Waals surface area contributed by atoms with E-state index in [0.29, 0.717) is 87.4 Å². The standard InChI is InChI=1S/C33H42F3N5O4S/c1-22-25-6-4-7-28(29(25)34)33(35,36)24-8-14-40(15-9-24)12-2-3-16-45-17-5-13-41-31-27(30(39-22)37-21-38-31)20-26(32(41)42)23-10-18-46(43,44)19-11-23/h4,6-7,20-24H,2-3,5,8-19H2,1H3,(H,37,38,39)/t22-/m0/s1. The fourth-order valence-corrected chi connectivity index (χ4v) is 8.64. The number of halogens is 3. The van der Waals surface area contributed by atoms with E-state index in [1.165, 1.54) is 24.5 Å². The van der Waals surface area contributed by atoms with Gasteiger partial charge in [0.25, 0.3) is 11.5 Å². The number of ether oxygens (including phenoxy) is 1. The van der Waals surface area contributed by atoms with Crippen LogP contribution < -0.4 is 10.9 Å². The van der Waals surface area contributed by atoms with Crippen LogP contribution in [0.2, 0.25) is 0 Å². The van der Waals surface area contributed by atoms with Crippen molar-refractivity contribution in [3.05, 3.63) is 63.5 Å². The summed E-state index contributed by atoms with van der Waals surface area (Å²) in [6, 6.07) is 5.13. The number of nitrogens with one attached hydrogen (secondary N) is 1. The fraction of sp³-hybridized carbons (Fsp3) is 0.606. The number of aromatic nitrogens is 3. The zero-order chi connectivity index (χ0) is 32.5. The van der Waals surface area contributed by atoms with E-state index in [9.17, 15) is 13.2 Å². The normalized spacial score (nSPS) is 26.2. The second-order valence-corrected chi connectivity index (χ2v) is 15.2. The third-order valence-corrected chi connectivity index (χ3v) is 11.6. The molecule has 250 valence electrons. The average molecular weight is 662 g/mol. The highest BCUT2D eigenvalue weighted by Gasteiger charge is 2.45. The van der Waals surface area contributed by atoms with Crippen LogP contribution in [0.3, 0.4) is 0 Å². The maximum atomic E-state index is 16.0. The van der Waals surface area contributed by atoms with Crippen LogP contribution in [-0.4, -0.2) is 72.2 Å². The highest BCUT2D eigenvalue weighted by atomic mass is 32.2. The molecule has 1 atom stereocenters. The van der Waals surface area contributed by atoms with Gasteiger partial charge in [-0.15, -0.1) is 0 Å². The van der Waals surface area contributed by atoms with Gasteiger partial charge in [0.2, 0.25) is 0 Å². The van der Waals surface area contributed by atoms with Crippen molar-refractivity contribution in [2.45, 2.75) is 76.3 Å². The van der Waals surface area contributed by atoms with E-state index in [1.54, 1.807) is 17.6 Å². The zero-order valence-corrected chi connectivity index (χ0v) is 27.0. The molecule has 2 fully saturated rings. The molecule has 0 amide bonds. The van der Waals surface area contributed by atoms with Gasteiger partial charge >= 0.3 is 0 Å². The molecule has 0 radical (unpaired) electrons. The molecule has 9 nitrogen and oxygen atoms in total. The topological polar surface area (TPSA) is 106 Å². The molecule has 13 heteroatoms. The van der Waals surface area contributed by atoms with Crippen LogP contribution in [0, 0.1) is 11.7 Å². The smallest absolute Gasteiger partial charge is 0.278 e. The lowest BCUT2D eigenvalue weighted by molar-refractivity contribution is -0.0880. The molecule has 1 N–H and O–H groups in total. The van der Waals surface area contributed by atoms with E-state index in [0.717, 1.165) is 19.4 Å².